The molecule has 2 fully saturated rings. The number of ether oxygens (including phenoxy) is 3. The zero-order chi connectivity index (χ0) is 23.0. The van der Waals surface area contributed by atoms with Gasteiger partial charge in [-0.3, -0.25) is 0 Å². The smallest absolute Gasteiger partial charge is 0.187 e. The van der Waals surface area contributed by atoms with E-state index in [4.69, 9.17) is 14.2 Å². The van der Waals surface area contributed by atoms with Crippen LogP contribution >= 0.6 is 11.8 Å². The van der Waals surface area contributed by atoms with E-state index in [1.807, 2.05) is 0 Å². The zero-order valence-corrected chi connectivity index (χ0v) is 18.7. The van der Waals surface area contributed by atoms with Crippen molar-refractivity contribution < 1.29 is 50.0 Å². The Morgan fingerprint density at radius 1 is 0.710 bits per heavy atom. The molecule has 31 heavy (non-hydrogen) atoms. The Kier molecular flexibility index (Phi) is 11.9. The Morgan fingerprint density at radius 2 is 1.35 bits per heavy atom. The van der Waals surface area contributed by atoms with Crippen LogP contribution in [-0.4, -0.2) is 115 Å². The SMILES string of the molecule is CCCCCCCCS[C@@H]1O[C@H](CO)[C@@H](O[C@@H]2O[C@H](CO)[C@H](O)[C@H](O)[C@H]2O)[C@H](O)[C@H]1O. The average molecular weight is 471 g/mol. The molecule has 0 radical (unpaired) electrons. The van der Waals surface area contributed by atoms with Crippen molar-refractivity contribution in [2.45, 2.75) is 106 Å². The van der Waals surface area contributed by atoms with Gasteiger partial charge in [0.25, 0.3) is 0 Å². The van der Waals surface area contributed by atoms with Gasteiger partial charge in [0.15, 0.2) is 6.29 Å². The molecule has 2 saturated heterocycles. The number of hydrogen-bond donors (Lipinski definition) is 7. The Morgan fingerprint density at radius 3 is 2.00 bits per heavy atom. The predicted octanol–water partition coefficient (Wildman–Crippen LogP) is -1.30. The van der Waals surface area contributed by atoms with Crippen molar-refractivity contribution in [1.82, 2.24) is 0 Å². The molecular weight excluding hydrogens is 432 g/mol. The summed E-state index contributed by atoms with van der Waals surface area (Å²) in [6.07, 6.45) is -5.77. The molecular formula is C20H38O10S. The molecule has 0 bridgehead atoms. The highest BCUT2D eigenvalue weighted by Crippen LogP contribution is 2.33. The van der Waals surface area contributed by atoms with Crippen LogP contribution in [0.5, 0.6) is 0 Å². The van der Waals surface area contributed by atoms with Crippen LogP contribution in [0.1, 0.15) is 45.4 Å². The number of unbranched alkanes of at least 4 members (excludes halogenated alkanes) is 5. The maximum Gasteiger partial charge on any atom is 0.187 e. The minimum atomic E-state index is -1.67. The summed E-state index contributed by atoms with van der Waals surface area (Å²) >= 11 is 1.36. The molecule has 0 unspecified atom stereocenters. The van der Waals surface area contributed by atoms with Gasteiger partial charge in [-0.05, 0) is 12.2 Å². The van der Waals surface area contributed by atoms with E-state index >= 15 is 0 Å². The van der Waals surface area contributed by atoms with Gasteiger partial charge in [-0.2, -0.15) is 0 Å². The Bertz CT molecular complexity index is 497. The molecule has 184 valence electrons. The minimum Gasteiger partial charge on any atom is -0.394 e. The van der Waals surface area contributed by atoms with Gasteiger partial charge in [0.2, 0.25) is 0 Å². The highest BCUT2D eigenvalue weighted by atomic mass is 32.2. The van der Waals surface area contributed by atoms with Gasteiger partial charge in [-0.1, -0.05) is 39.0 Å². The summed E-state index contributed by atoms with van der Waals surface area (Å²) in [4.78, 5) is 0. The van der Waals surface area contributed by atoms with Crippen molar-refractivity contribution in [2.24, 2.45) is 0 Å². The first-order valence-corrected chi connectivity index (χ1v) is 12.1. The van der Waals surface area contributed by atoms with Crippen molar-refractivity contribution in [2.75, 3.05) is 19.0 Å². The second kappa shape index (κ2) is 13.6. The van der Waals surface area contributed by atoms with Gasteiger partial charge in [0.1, 0.15) is 54.3 Å². The lowest BCUT2D eigenvalue weighted by Gasteiger charge is -2.46. The molecule has 0 aromatic rings. The molecule has 2 aliphatic heterocycles. The quantitative estimate of drug-likeness (QED) is 0.169. The van der Waals surface area contributed by atoms with E-state index in [2.05, 4.69) is 6.92 Å². The molecule has 11 heteroatoms. The van der Waals surface area contributed by atoms with Crippen LogP contribution in [0.15, 0.2) is 0 Å². The average Bonchev–Trinajstić information content (AvgIpc) is 2.77. The third-order valence-corrected chi connectivity index (χ3v) is 6.98. The monoisotopic (exact) mass is 470 g/mol. The molecule has 10 nitrogen and oxygen atoms in total. The van der Waals surface area contributed by atoms with Crippen molar-refractivity contribution in [1.29, 1.82) is 0 Å². The van der Waals surface area contributed by atoms with Crippen molar-refractivity contribution in [3.63, 3.8) is 0 Å². The molecule has 0 saturated carbocycles. The molecule has 10 atom stereocenters. The fraction of sp³-hybridized carbons (Fsp3) is 1.00. The number of rotatable bonds is 12. The summed E-state index contributed by atoms with van der Waals surface area (Å²) in [5.41, 5.74) is -0.752. The van der Waals surface area contributed by atoms with Crippen LogP contribution in [0.4, 0.5) is 0 Å². The number of aliphatic hydroxyl groups excluding tert-OH is 7. The fourth-order valence-corrected chi connectivity index (χ4v) is 4.96. The van der Waals surface area contributed by atoms with Crippen molar-refractivity contribution >= 4 is 11.8 Å². The molecule has 0 aliphatic carbocycles. The second-order valence-electron chi connectivity index (χ2n) is 8.14. The first-order valence-electron chi connectivity index (χ1n) is 11.1. The zero-order valence-electron chi connectivity index (χ0n) is 17.9. The molecule has 0 aromatic carbocycles. The van der Waals surface area contributed by atoms with Crippen LogP contribution in [-0.2, 0) is 14.2 Å². The van der Waals surface area contributed by atoms with E-state index in [1.165, 1.54) is 31.0 Å². The van der Waals surface area contributed by atoms with Gasteiger partial charge < -0.3 is 50.0 Å². The van der Waals surface area contributed by atoms with E-state index in [9.17, 15) is 35.7 Å². The van der Waals surface area contributed by atoms with Crippen LogP contribution in [0.25, 0.3) is 0 Å². The molecule has 2 aliphatic rings. The van der Waals surface area contributed by atoms with Gasteiger partial charge in [0.05, 0.1) is 13.2 Å². The number of thioether (sulfide) groups is 1. The van der Waals surface area contributed by atoms with Crippen LogP contribution in [0, 0.1) is 0 Å². The summed E-state index contributed by atoms with van der Waals surface area (Å²) in [5, 5.41) is 70.0. The van der Waals surface area contributed by atoms with E-state index in [0.29, 0.717) is 0 Å². The predicted molar refractivity (Wildman–Crippen MR) is 112 cm³/mol. The maximum atomic E-state index is 10.6. The summed E-state index contributed by atoms with van der Waals surface area (Å²) in [7, 11) is 0. The molecule has 2 heterocycles. The summed E-state index contributed by atoms with van der Waals surface area (Å²) < 4.78 is 16.6. The first kappa shape index (κ1) is 27.2. The molecule has 0 amide bonds. The third-order valence-electron chi connectivity index (χ3n) is 5.74. The first-order chi connectivity index (χ1) is 14.8. The molecule has 0 aromatic heterocycles. The second-order valence-corrected chi connectivity index (χ2v) is 9.35. The lowest BCUT2D eigenvalue weighted by atomic mass is 9.97. The van der Waals surface area contributed by atoms with Crippen molar-refractivity contribution in [3.05, 3.63) is 0 Å². The Labute approximate surface area is 187 Å². The van der Waals surface area contributed by atoms with Crippen molar-refractivity contribution in [3.8, 4) is 0 Å². The van der Waals surface area contributed by atoms with Gasteiger partial charge in [-0.25, -0.2) is 0 Å². The topological polar surface area (TPSA) is 169 Å². The fourth-order valence-electron chi connectivity index (χ4n) is 3.77. The van der Waals surface area contributed by atoms with Gasteiger partial charge >= 0.3 is 0 Å². The summed E-state index contributed by atoms with van der Waals surface area (Å²) in [5.74, 6) is 0.733. The number of aliphatic hydroxyl groups is 7. The lowest BCUT2D eigenvalue weighted by molar-refractivity contribution is -0.338. The third kappa shape index (κ3) is 7.21. The van der Waals surface area contributed by atoms with E-state index in [0.717, 1.165) is 25.0 Å². The highest BCUT2D eigenvalue weighted by molar-refractivity contribution is 7.99. The van der Waals surface area contributed by atoms with E-state index in [-0.39, 0.29) is 0 Å². The molecule has 7 N–H and O–H groups in total. The maximum absolute atomic E-state index is 10.6. The van der Waals surface area contributed by atoms with E-state index < -0.39 is 73.8 Å². The van der Waals surface area contributed by atoms with E-state index in [1.54, 1.807) is 0 Å². The summed E-state index contributed by atoms with van der Waals surface area (Å²) in [6.45, 7) is 1.02. The van der Waals surface area contributed by atoms with Crippen LogP contribution < -0.4 is 0 Å². The molecule has 0 spiro atoms. The van der Waals surface area contributed by atoms with Crippen LogP contribution in [0.3, 0.4) is 0 Å². The van der Waals surface area contributed by atoms with Gasteiger partial charge in [0, 0.05) is 0 Å². The standard InChI is InChI=1S/C20H38O10S/c1-2-3-4-5-6-7-8-31-20-17(27)15(25)18(12(10-22)29-20)30-19-16(26)14(24)13(23)11(9-21)28-19/h11-27H,2-10H2,1H3/t11-,12-,13+,14+,15-,16-,17-,18-,19+,20+/m1/s1. The summed E-state index contributed by atoms with van der Waals surface area (Å²) in [6, 6.07) is 0. The van der Waals surface area contributed by atoms with Gasteiger partial charge in [-0.15, -0.1) is 11.8 Å². The minimum absolute atomic E-state index is 0.514. The highest BCUT2D eigenvalue weighted by Gasteiger charge is 2.50. The Hall–Kier alpha value is -0.0500. The Balaban J connectivity index is 1.90. The number of hydrogen-bond acceptors (Lipinski definition) is 11. The van der Waals surface area contributed by atoms with Crippen LogP contribution in [0.2, 0.25) is 0 Å². The normalized spacial score (nSPS) is 41.4. The largest absolute Gasteiger partial charge is 0.394 e. The molecule has 2 rings (SSSR count). The lowest BCUT2D eigenvalue weighted by Crippen LogP contribution is -2.64.